The molecule has 0 atom stereocenters. The molecule has 5 heteroatoms. The summed E-state index contributed by atoms with van der Waals surface area (Å²) in [6, 6.07) is 11.3. The Kier molecular flexibility index (Phi) is 4.71. The Hall–Kier alpha value is -1.20. The molecule has 0 saturated heterocycles. The second-order valence-electron chi connectivity index (χ2n) is 4.12. The topological polar surface area (TPSA) is 42.0 Å². The molecule has 0 fully saturated rings. The van der Waals surface area contributed by atoms with E-state index in [0.29, 0.717) is 12.2 Å². The largest absolute Gasteiger partial charge is 0.310 e. The Balaban J connectivity index is 2.01. The third-order valence-corrected chi connectivity index (χ3v) is 3.93. The van der Waals surface area contributed by atoms with Gasteiger partial charge in [-0.1, -0.05) is 28.1 Å². The molecule has 0 bridgehead atoms. The maximum Gasteiger partial charge on any atom is 0.229 e. The molecule has 1 aromatic carbocycles. The molecular weight excluding hydrogens is 372 g/mol. The first-order chi connectivity index (χ1) is 9.04. The van der Waals surface area contributed by atoms with Crippen molar-refractivity contribution in [3.05, 3.63) is 56.6 Å². The van der Waals surface area contributed by atoms with E-state index in [1.807, 2.05) is 37.3 Å². The van der Waals surface area contributed by atoms with Gasteiger partial charge in [-0.25, -0.2) is 4.98 Å². The van der Waals surface area contributed by atoms with Crippen molar-refractivity contribution in [3.8, 4) is 0 Å². The molecule has 1 aromatic heterocycles. The highest BCUT2D eigenvalue weighted by Crippen LogP contribution is 2.16. The third-order valence-electron chi connectivity index (χ3n) is 2.57. The number of nitrogens with one attached hydrogen (secondary N) is 1. The van der Waals surface area contributed by atoms with Crippen LogP contribution in [0.4, 0.5) is 5.82 Å². The van der Waals surface area contributed by atoms with Crippen LogP contribution in [0.3, 0.4) is 0 Å². The molecule has 0 aliphatic rings. The summed E-state index contributed by atoms with van der Waals surface area (Å²) in [5, 5.41) is 2.79. The lowest BCUT2D eigenvalue weighted by Gasteiger charge is -2.06. The predicted molar refractivity (Wildman–Crippen MR) is 83.1 cm³/mol. The van der Waals surface area contributed by atoms with Gasteiger partial charge in [0.1, 0.15) is 5.82 Å². The van der Waals surface area contributed by atoms with Gasteiger partial charge in [0.2, 0.25) is 5.91 Å². The first kappa shape index (κ1) is 14.2. The van der Waals surface area contributed by atoms with E-state index in [0.717, 1.165) is 20.2 Å². The van der Waals surface area contributed by atoms with Crippen molar-refractivity contribution in [2.45, 2.75) is 13.3 Å². The number of aromatic nitrogens is 1. The fourth-order valence-electron chi connectivity index (χ4n) is 1.59. The van der Waals surface area contributed by atoms with E-state index < -0.39 is 0 Å². The highest BCUT2D eigenvalue weighted by atomic mass is 79.9. The maximum atomic E-state index is 11.9. The summed E-state index contributed by atoms with van der Waals surface area (Å²) in [7, 11) is 0. The highest BCUT2D eigenvalue weighted by Gasteiger charge is 2.06. The van der Waals surface area contributed by atoms with Crippen molar-refractivity contribution in [3.63, 3.8) is 0 Å². The molecule has 2 rings (SSSR count). The van der Waals surface area contributed by atoms with Crippen LogP contribution >= 0.6 is 31.9 Å². The molecule has 0 spiro atoms. The van der Waals surface area contributed by atoms with Crippen LogP contribution < -0.4 is 5.32 Å². The van der Waals surface area contributed by atoms with Crippen LogP contribution in [-0.2, 0) is 11.2 Å². The lowest BCUT2D eigenvalue weighted by Crippen LogP contribution is -2.15. The molecule has 0 radical (unpaired) electrons. The summed E-state index contributed by atoms with van der Waals surface area (Å²) in [5.41, 5.74) is 1.82. The number of carbonyl (C=O) groups is 1. The van der Waals surface area contributed by atoms with Crippen molar-refractivity contribution < 1.29 is 4.79 Å². The molecule has 1 heterocycles. The minimum absolute atomic E-state index is 0.0726. The SMILES string of the molecule is Cc1nc(NC(=O)Cc2ccc(Br)cc2)ccc1Br. The van der Waals surface area contributed by atoms with Crippen LogP contribution in [-0.4, -0.2) is 10.9 Å². The van der Waals surface area contributed by atoms with E-state index in [-0.39, 0.29) is 5.91 Å². The normalized spacial score (nSPS) is 10.3. The zero-order chi connectivity index (χ0) is 13.8. The summed E-state index contributed by atoms with van der Waals surface area (Å²) < 4.78 is 1.93. The van der Waals surface area contributed by atoms with Crippen molar-refractivity contribution in [1.29, 1.82) is 0 Å². The van der Waals surface area contributed by atoms with E-state index in [2.05, 4.69) is 42.2 Å². The predicted octanol–water partition coefficient (Wildman–Crippen LogP) is 4.10. The number of benzene rings is 1. The van der Waals surface area contributed by atoms with Crippen molar-refractivity contribution >= 4 is 43.6 Å². The van der Waals surface area contributed by atoms with Gasteiger partial charge in [0.25, 0.3) is 0 Å². The summed E-state index contributed by atoms with van der Waals surface area (Å²) in [6.07, 6.45) is 0.337. The lowest BCUT2D eigenvalue weighted by molar-refractivity contribution is -0.115. The summed E-state index contributed by atoms with van der Waals surface area (Å²) >= 11 is 6.74. The number of carbonyl (C=O) groups excluding carboxylic acids is 1. The fourth-order valence-corrected chi connectivity index (χ4v) is 2.07. The van der Waals surface area contributed by atoms with E-state index in [4.69, 9.17) is 0 Å². The Bertz CT molecular complexity index is 597. The van der Waals surface area contributed by atoms with Crippen LogP contribution in [0.15, 0.2) is 45.3 Å². The van der Waals surface area contributed by atoms with Gasteiger partial charge in [0, 0.05) is 8.95 Å². The van der Waals surface area contributed by atoms with E-state index in [9.17, 15) is 4.79 Å². The summed E-state index contributed by atoms with van der Waals surface area (Å²) in [6.45, 7) is 1.88. The number of rotatable bonds is 3. The smallest absolute Gasteiger partial charge is 0.229 e. The van der Waals surface area contributed by atoms with Crippen LogP contribution in [0, 0.1) is 6.92 Å². The standard InChI is InChI=1S/C14H12Br2N2O/c1-9-12(16)6-7-13(17-9)18-14(19)8-10-2-4-11(15)5-3-10/h2-7H,8H2,1H3,(H,17,18,19). The zero-order valence-electron chi connectivity index (χ0n) is 10.3. The molecule has 1 N–H and O–H groups in total. The molecule has 0 saturated carbocycles. The minimum atomic E-state index is -0.0726. The van der Waals surface area contributed by atoms with Crippen LogP contribution in [0.5, 0.6) is 0 Å². The van der Waals surface area contributed by atoms with Crippen molar-refractivity contribution in [2.75, 3.05) is 5.32 Å². The Morgan fingerprint density at radius 2 is 1.84 bits per heavy atom. The van der Waals surface area contributed by atoms with E-state index in [1.165, 1.54) is 0 Å². The van der Waals surface area contributed by atoms with E-state index in [1.54, 1.807) is 6.07 Å². The number of amides is 1. The van der Waals surface area contributed by atoms with Crippen molar-refractivity contribution in [1.82, 2.24) is 4.98 Å². The van der Waals surface area contributed by atoms with E-state index >= 15 is 0 Å². The summed E-state index contributed by atoms with van der Waals surface area (Å²) in [4.78, 5) is 16.2. The molecule has 98 valence electrons. The Morgan fingerprint density at radius 3 is 2.47 bits per heavy atom. The average Bonchev–Trinajstić information content (AvgIpc) is 2.37. The monoisotopic (exact) mass is 382 g/mol. The van der Waals surface area contributed by atoms with Crippen LogP contribution in [0.1, 0.15) is 11.3 Å². The number of aryl methyl sites for hydroxylation is 1. The fraction of sp³-hybridized carbons (Fsp3) is 0.143. The number of anilines is 1. The van der Waals surface area contributed by atoms with Gasteiger partial charge in [-0.3, -0.25) is 4.79 Å². The van der Waals surface area contributed by atoms with Gasteiger partial charge in [-0.2, -0.15) is 0 Å². The first-order valence-electron chi connectivity index (χ1n) is 5.72. The van der Waals surface area contributed by atoms with Crippen LogP contribution in [0.2, 0.25) is 0 Å². The third kappa shape index (κ3) is 4.14. The zero-order valence-corrected chi connectivity index (χ0v) is 13.5. The van der Waals surface area contributed by atoms with Gasteiger partial charge in [0.05, 0.1) is 12.1 Å². The first-order valence-corrected chi connectivity index (χ1v) is 7.30. The quantitative estimate of drug-likeness (QED) is 0.866. The molecule has 0 unspecified atom stereocenters. The van der Waals surface area contributed by atoms with Gasteiger partial charge in [-0.15, -0.1) is 0 Å². The maximum absolute atomic E-state index is 11.9. The number of halogens is 2. The van der Waals surface area contributed by atoms with Crippen LogP contribution in [0.25, 0.3) is 0 Å². The number of nitrogens with zero attached hydrogens (tertiary/aromatic N) is 1. The molecule has 2 aromatic rings. The Labute approximate surface area is 128 Å². The highest BCUT2D eigenvalue weighted by molar-refractivity contribution is 9.10. The van der Waals surface area contributed by atoms with Gasteiger partial charge in [0.15, 0.2) is 0 Å². The number of hydrogen-bond donors (Lipinski definition) is 1. The lowest BCUT2D eigenvalue weighted by atomic mass is 10.1. The minimum Gasteiger partial charge on any atom is -0.310 e. The number of pyridine rings is 1. The second kappa shape index (κ2) is 6.30. The molecule has 0 aliphatic carbocycles. The van der Waals surface area contributed by atoms with Gasteiger partial charge >= 0.3 is 0 Å². The Morgan fingerprint density at radius 1 is 1.16 bits per heavy atom. The molecule has 0 aliphatic heterocycles. The summed E-state index contributed by atoms with van der Waals surface area (Å²) in [5.74, 6) is 0.499. The molecule has 19 heavy (non-hydrogen) atoms. The molecule has 1 amide bonds. The average molecular weight is 384 g/mol. The van der Waals surface area contributed by atoms with Gasteiger partial charge < -0.3 is 5.32 Å². The number of hydrogen-bond acceptors (Lipinski definition) is 2. The molecular formula is C14H12Br2N2O. The second-order valence-corrected chi connectivity index (χ2v) is 5.89. The van der Waals surface area contributed by atoms with Gasteiger partial charge in [-0.05, 0) is 52.7 Å². The molecule has 3 nitrogen and oxygen atoms in total. The van der Waals surface area contributed by atoms with Crippen molar-refractivity contribution in [2.24, 2.45) is 0 Å².